The van der Waals surface area contributed by atoms with Crippen molar-refractivity contribution in [3.05, 3.63) is 35.9 Å². The Morgan fingerprint density at radius 3 is 2.54 bits per heavy atom. The van der Waals surface area contributed by atoms with Gasteiger partial charge in [-0.3, -0.25) is 0 Å². The highest BCUT2D eigenvalue weighted by molar-refractivity contribution is 7.87. The van der Waals surface area contributed by atoms with Crippen molar-refractivity contribution in [3.8, 4) is 0 Å². The van der Waals surface area contributed by atoms with Crippen LogP contribution in [0.3, 0.4) is 0 Å². The average Bonchev–Trinajstić information content (AvgIpc) is 2.60. The molecule has 1 aromatic carbocycles. The number of nitrogens with one attached hydrogen (secondary N) is 1. The number of hydrogen-bond donors (Lipinski definition) is 2. The first-order chi connectivity index (χ1) is 11.5. The van der Waals surface area contributed by atoms with Crippen molar-refractivity contribution in [3.63, 3.8) is 0 Å². The number of nitrogens with two attached hydrogens (primary N) is 1. The Bertz CT molecular complexity index is 572. The van der Waals surface area contributed by atoms with Crippen LogP contribution >= 0.6 is 0 Å². The van der Waals surface area contributed by atoms with Crippen molar-refractivity contribution in [2.24, 2.45) is 11.7 Å². The standard InChI is InChI=1S/C17H30N4O2S/c1-20(15-17-6-3-2-4-7-17)11-5-10-19-24(22,23)21-12-8-16(14-18)9-13-21/h2-4,6-7,16,19H,5,8-15,18H2,1H3. The van der Waals surface area contributed by atoms with Gasteiger partial charge in [0.1, 0.15) is 0 Å². The first-order valence-corrected chi connectivity index (χ1v) is 10.1. The van der Waals surface area contributed by atoms with Gasteiger partial charge in [0.2, 0.25) is 0 Å². The van der Waals surface area contributed by atoms with Crippen molar-refractivity contribution < 1.29 is 8.42 Å². The summed E-state index contributed by atoms with van der Waals surface area (Å²) in [5.74, 6) is 0.461. The zero-order valence-electron chi connectivity index (χ0n) is 14.5. The minimum Gasteiger partial charge on any atom is -0.330 e. The van der Waals surface area contributed by atoms with Gasteiger partial charge in [-0.05, 0) is 50.9 Å². The van der Waals surface area contributed by atoms with Crippen LogP contribution in [0.4, 0.5) is 0 Å². The van der Waals surface area contributed by atoms with Crippen molar-refractivity contribution >= 4 is 10.2 Å². The molecule has 1 saturated heterocycles. The van der Waals surface area contributed by atoms with E-state index in [4.69, 9.17) is 5.73 Å². The van der Waals surface area contributed by atoms with E-state index in [0.29, 0.717) is 32.1 Å². The van der Waals surface area contributed by atoms with Crippen LogP contribution < -0.4 is 10.5 Å². The van der Waals surface area contributed by atoms with Crippen LogP contribution in [0.2, 0.25) is 0 Å². The molecule has 0 bridgehead atoms. The molecule has 0 amide bonds. The zero-order chi connectivity index (χ0) is 17.4. The summed E-state index contributed by atoms with van der Waals surface area (Å²) in [4.78, 5) is 2.20. The Morgan fingerprint density at radius 1 is 1.25 bits per heavy atom. The Hall–Kier alpha value is -0.990. The van der Waals surface area contributed by atoms with Gasteiger partial charge in [-0.25, -0.2) is 4.72 Å². The summed E-state index contributed by atoms with van der Waals surface area (Å²) < 4.78 is 28.8. The fraction of sp³-hybridized carbons (Fsp3) is 0.647. The molecule has 3 N–H and O–H groups in total. The van der Waals surface area contributed by atoms with Gasteiger partial charge in [0.15, 0.2) is 0 Å². The average molecular weight is 355 g/mol. The van der Waals surface area contributed by atoms with E-state index < -0.39 is 10.2 Å². The molecule has 0 saturated carbocycles. The molecule has 1 aliphatic rings. The lowest BCUT2D eigenvalue weighted by Gasteiger charge is -2.30. The van der Waals surface area contributed by atoms with Gasteiger partial charge in [0, 0.05) is 26.2 Å². The fourth-order valence-electron chi connectivity index (χ4n) is 3.00. The van der Waals surface area contributed by atoms with Crippen LogP contribution in [-0.4, -0.2) is 57.4 Å². The smallest absolute Gasteiger partial charge is 0.279 e. The molecule has 0 aliphatic carbocycles. The third-order valence-corrected chi connectivity index (χ3v) is 6.16. The first-order valence-electron chi connectivity index (χ1n) is 8.68. The Balaban J connectivity index is 1.66. The Labute approximate surface area is 146 Å². The number of benzene rings is 1. The molecule has 1 aromatic rings. The summed E-state index contributed by atoms with van der Waals surface area (Å²) >= 11 is 0. The molecule has 1 aliphatic heterocycles. The molecule has 0 radical (unpaired) electrons. The van der Waals surface area contributed by atoms with E-state index in [0.717, 1.165) is 32.4 Å². The Morgan fingerprint density at radius 2 is 1.92 bits per heavy atom. The highest BCUT2D eigenvalue weighted by atomic mass is 32.2. The number of rotatable bonds is 9. The summed E-state index contributed by atoms with van der Waals surface area (Å²) in [7, 11) is -1.29. The van der Waals surface area contributed by atoms with Gasteiger partial charge < -0.3 is 10.6 Å². The van der Waals surface area contributed by atoms with E-state index in [1.165, 1.54) is 5.56 Å². The molecule has 1 heterocycles. The minimum absolute atomic E-state index is 0.461. The molecule has 0 unspecified atom stereocenters. The van der Waals surface area contributed by atoms with Gasteiger partial charge >= 0.3 is 0 Å². The molecule has 7 heteroatoms. The molecular weight excluding hydrogens is 324 g/mol. The maximum atomic E-state index is 12.3. The van der Waals surface area contributed by atoms with E-state index in [-0.39, 0.29) is 0 Å². The van der Waals surface area contributed by atoms with E-state index in [2.05, 4.69) is 28.8 Å². The molecule has 24 heavy (non-hydrogen) atoms. The van der Waals surface area contributed by atoms with Crippen molar-refractivity contribution in [1.29, 1.82) is 0 Å². The van der Waals surface area contributed by atoms with E-state index in [9.17, 15) is 8.42 Å². The third-order valence-electron chi connectivity index (χ3n) is 4.54. The monoisotopic (exact) mass is 354 g/mol. The van der Waals surface area contributed by atoms with Gasteiger partial charge in [-0.1, -0.05) is 30.3 Å². The Kier molecular flexibility index (Phi) is 7.64. The van der Waals surface area contributed by atoms with Crippen LogP contribution in [0.25, 0.3) is 0 Å². The molecule has 0 aromatic heterocycles. The summed E-state index contributed by atoms with van der Waals surface area (Å²) in [6.45, 7) is 4.00. The second kappa shape index (κ2) is 9.48. The maximum Gasteiger partial charge on any atom is 0.279 e. The highest BCUT2D eigenvalue weighted by Gasteiger charge is 2.26. The molecular formula is C17H30N4O2S. The first kappa shape index (κ1) is 19.3. The topological polar surface area (TPSA) is 78.7 Å². The van der Waals surface area contributed by atoms with Gasteiger partial charge in [0.05, 0.1) is 0 Å². The quantitative estimate of drug-likeness (QED) is 0.649. The summed E-state index contributed by atoms with van der Waals surface area (Å²) in [6, 6.07) is 10.3. The second-order valence-corrected chi connectivity index (χ2v) is 8.31. The van der Waals surface area contributed by atoms with E-state index >= 15 is 0 Å². The van der Waals surface area contributed by atoms with Crippen LogP contribution in [0.1, 0.15) is 24.8 Å². The molecule has 2 rings (SSSR count). The third kappa shape index (κ3) is 6.14. The fourth-order valence-corrected chi connectivity index (χ4v) is 4.28. The number of hydrogen-bond acceptors (Lipinski definition) is 4. The lowest BCUT2D eigenvalue weighted by molar-refractivity contribution is 0.275. The SMILES string of the molecule is CN(CCCNS(=O)(=O)N1CCC(CN)CC1)Cc1ccccc1. The molecule has 1 fully saturated rings. The van der Waals surface area contributed by atoms with Crippen molar-refractivity contribution in [1.82, 2.24) is 13.9 Å². The van der Waals surface area contributed by atoms with Gasteiger partial charge in [-0.15, -0.1) is 0 Å². The van der Waals surface area contributed by atoms with Crippen molar-refractivity contribution in [2.75, 3.05) is 39.8 Å². The summed E-state index contributed by atoms with van der Waals surface area (Å²) in [5.41, 5.74) is 6.92. The predicted octanol–water partition coefficient (Wildman–Crippen LogP) is 1.01. The lowest BCUT2D eigenvalue weighted by Crippen LogP contribution is -2.46. The molecule has 0 spiro atoms. The normalized spacial score (nSPS) is 17.5. The van der Waals surface area contributed by atoms with Crippen LogP contribution in [0.5, 0.6) is 0 Å². The molecule has 136 valence electrons. The van der Waals surface area contributed by atoms with Crippen LogP contribution in [0.15, 0.2) is 30.3 Å². The zero-order valence-corrected chi connectivity index (χ0v) is 15.3. The van der Waals surface area contributed by atoms with Crippen LogP contribution in [-0.2, 0) is 16.8 Å². The molecule has 6 nitrogen and oxygen atoms in total. The number of nitrogens with zero attached hydrogens (tertiary/aromatic N) is 2. The molecule has 0 atom stereocenters. The van der Waals surface area contributed by atoms with E-state index in [1.54, 1.807) is 4.31 Å². The van der Waals surface area contributed by atoms with Gasteiger partial charge in [-0.2, -0.15) is 12.7 Å². The predicted molar refractivity (Wildman–Crippen MR) is 97.7 cm³/mol. The maximum absolute atomic E-state index is 12.3. The van der Waals surface area contributed by atoms with Crippen LogP contribution in [0, 0.1) is 5.92 Å². The van der Waals surface area contributed by atoms with E-state index in [1.807, 2.05) is 18.2 Å². The van der Waals surface area contributed by atoms with Gasteiger partial charge in [0.25, 0.3) is 10.2 Å². The second-order valence-electron chi connectivity index (χ2n) is 6.55. The minimum atomic E-state index is -3.35. The summed E-state index contributed by atoms with van der Waals surface area (Å²) in [5, 5.41) is 0. The lowest BCUT2D eigenvalue weighted by atomic mass is 9.99. The highest BCUT2D eigenvalue weighted by Crippen LogP contribution is 2.17. The number of piperidine rings is 1. The largest absolute Gasteiger partial charge is 0.330 e. The summed E-state index contributed by atoms with van der Waals surface area (Å²) in [6.07, 6.45) is 2.51. The van der Waals surface area contributed by atoms with Crippen molar-refractivity contribution in [2.45, 2.75) is 25.8 Å².